The van der Waals surface area contributed by atoms with Crippen LogP contribution in [0.1, 0.15) is 20.9 Å². The van der Waals surface area contributed by atoms with Crippen molar-refractivity contribution in [3.63, 3.8) is 0 Å². The molecule has 0 aliphatic heterocycles. The summed E-state index contributed by atoms with van der Waals surface area (Å²) in [6, 6.07) is 12.3. The second kappa shape index (κ2) is 6.25. The summed E-state index contributed by atoms with van der Waals surface area (Å²) in [4.78, 5) is 14.5. The molecule has 0 bridgehead atoms. The number of nitro groups is 1. The Morgan fingerprint density at radius 1 is 1.05 bits per heavy atom. The van der Waals surface area contributed by atoms with E-state index in [9.17, 15) is 10.1 Å². The molecule has 0 spiro atoms. The topological polar surface area (TPSA) is 56.0 Å². The highest BCUT2D eigenvalue weighted by molar-refractivity contribution is 9.12. The smallest absolute Gasteiger partial charge is 0.260 e. The zero-order valence-electron chi connectivity index (χ0n) is 9.74. The van der Waals surface area contributed by atoms with Gasteiger partial charge in [0.05, 0.1) is 20.3 Å². The first-order valence-corrected chi connectivity index (χ1v) is 7.37. The van der Waals surface area contributed by atoms with E-state index in [-0.39, 0.29) is 20.3 Å². The summed E-state index contributed by atoms with van der Waals surface area (Å²) in [6.45, 7) is 0. The third kappa shape index (κ3) is 3.19. The second-order valence-electron chi connectivity index (χ2n) is 3.87. The summed E-state index contributed by atoms with van der Waals surface area (Å²) in [5, 5.41) is 11.0. The van der Waals surface area contributed by atoms with Crippen molar-refractivity contribution in [3.05, 3.63) is 70.0 Å². The van der Waals surface area contributed by atoms with Gasteiger partial charge >= 0.3 is 0 Å². The van der Waals surface area contributed by atoms with Crippen molar-refractivity contribution in [1.29, 1.82) is 0 Å². The van der Waals surface area contributed by atoms with Gasteiger partial charge < -0.3 is 0 Å². The standard InChI is InChI=1S/C13H10Br2N2O2/c14-12(13(15)10-6-3-4-8-16-10)9-5-1-2-7-11(9)17(18)19/h1-8,12-13H/t12-,13-/m0/s1. The molecule has 0 saturated heterocycles. The molecule has 0 N–H and O–H groups in total. The lowest BCUT2D eigenvalue weighted by molar-refractivity contribution is -0.385. The van der Waals surface area contributed by atoms with Gasteiger partial charge in [0.1, 0.15) is 0 Å². The first-order valence-electron chi connectivity index (χ1n) is 5.53. The van der Waals surface area contributed by atoms with Crippen LogP contribution >= 0.6 is 31.9 Å². The maximum absolute atomic E-state index is 11.0. The number of alkyl halides is 2. The number of aromatic nitrogens is 1. The average Bonchev–Trinajstić information content (AvgIpc) is 2.46. The molecule has 2 atom stereocenters. The average molecular weight is 386 g/mol. The van der Waals surface area contributed by atoms with E-state index in [2.05, 4.69) is 36.8 Å². The first-order chi connectivity index (χ1) is 9.11. The predicted molar refractivity (Wildman–Crippen MR) is 80.7 cm³/mol. The van der Waals surface area contributed by atoms with Gasteiger partial charge in [-0.05, 0) is 12.1 Å². The van der Waals surface area contributed by atoms with Gasteiger partial charge in [-0.1, -0.05) is 56.1 Å². The van der Waals surface area contributed by atoms with Crippen LogP contribution in [0.2, 0.25) is 0 Å². The minimum atomic E-state index is -0.373. The quantitative estimate of drug-likeness (QED) is 0.440. The second-order valence-corrected chi connectivity index (χ2v) is 5.85. The lowest BCUT2D eigenvalue weighted by atomic mass is 10.1. The van der Waals surface area contributed by atoms with E-state index in [1.165, 1.54) is 6.07 Å². The molecule has 98 valence electrons. The molecule has 1 heterocycles. The zero-order valence-corrected chi connectivity index (χ0v) is 12.9. The normalized spacial score (nSPS) is 13.8. The summed E-state index contributed by atoms with van der Waals surface area (Å²) < 4.78 is 0. The van der Waals surface area contributed by atoms with E-state index in [1.54, 1.807) is 24.4 Å². The molecule has 6 heteroatoms. The Morgan fingerprint density at radius 2 is 1.74 bits per heavy atom. The van der Waals surface area contributed by atoms with E-state index < -0.39 is 0 Å². The lowest BCUT2D eigenvalue weighted by Gasteiger charge is -2.16. The molecule has 0 aliphatic carbocycles. The molecule has 19 heavy (non-hydrogen) atoms. The van der Waals surface area contributed by atoms with E-state index in [1.807, 2.05) is 18.2 Å². The molecular formula is C13H10Br2N2O2. The number of benzene rings is 1. The number of nitro benzene ring substituents is 1. The fourth-order valence-electron chi connectivity index (χ4n) is 1.73. The third-order valence-corrected chi connectivity index (χ3v) is 5.39. The molecule has 0 saturated carbocycles. The van der Waals surface area contributed by atoms with Crippen LogP contribution in [0.4, 0.5) is 5.69 Å². The third-order valence-electron chi connectivity index (χ3n) is 2.66. The monoisotopic (exact) mass is 384 g/mol. The minimum absolute atomic E-state index is 0.102. The van der Waals surface area contributed by atoms with Crippen LogP contribution in [-0.2, 0) is 0 Å². The Kier molecular flexibility index (Phi) is 4.66. The van der Waals surface area contributed by atoms with E-state index in [0.717, 1.165) is 5.69 Å². The van der Waals surface area contributed by atoms with Gasteiger partial charge in [-0.25, -0.2) is 0 Å². The lowest BCUT2D eigenvalue weighted by Crippen LogP contribution is -2.04. The van der Waals surface area contributed by atoms with Crippen molar-refractivity contribution < 1.29 is 4.92 Å². The number of hydrogen-bond donors (Lipinski definition) is 0. The fraction of sp³-hybridized carbons (Fsp3) is 0.154. The highest BCUT2D eigenvalue weighted by atomic mass is 79.9. The van der Waals surface area contributed by atoms with Gasteiger partial charge in [0, 0.05) is 17.8 Å². The molecule has 0 fully saturated rings. The molecule has 0 amide bonds. The van der Waals surface area contributed by atoms with Crippen molar-refractivity contribution >= 4 is 37.5 Å². The van der Waals surface area contributed by atoms with Gasteiger partial charge in [-0.2, -0.15) is 0 Å². The SMILES string of the molecule is O=[N+]([O-])c1ccccc1[C@H](Br)[C@@H](Br)c1ccccn1. The minimum Gasteiger partial charge on any atom is -0.260 e. The largest absolute Gasteiger partial charge is 0.273 e. The molecule has 0 unspecified atom stereocenters. The Bertz CT molecular complexity index is 578. The molecule has 2 rings (SSSR count). The van der Waals surface area contributed by atoms with Gasteiger partial charge in [0.25, 0.3) is 5.69 Å². The number of para-hydroxylation sites is 1. The van der Waals surface area contributed by atoms with Crippen LogP contribution in [0.5, 0.6) is 0 Å². The molecule has 2 aromatic rings. The van der Waals surface area contributed by atoms with Crippen molar-refractivity contribution in [1.82, 2.24) is 4.98 Å². The summed E-state index contributed by atoms with van der Waals surface area (Å²) in [7, 11) is 0. The molecule has 1 aromatic heterocycles. The van der Waals surface area contributed by atoms with E-state index >= 15 is 0 Å². The molecule has 0 radical (unpaired) electrons. The summed E-state index contributed by atoms with van der Waals surface area (Å²) >= 11 is 7.06. The first kappa shape index (κ1) is 14.1. The fourth-order valence-corrected chi connectivity index (χ4v) is 2.95. The highest BCUT2D eigenvalue weighted by Gasteiger charge is 2.26. The number of pyridine rings is 1. The maximum Gasteiger partial charge on any atom is 0.273 e. The summed E-state index contributed by atoms with van der Waals surface area (Å²) in [5.41, 5.74) is 1.55. The Morgan fingerprint density at radius 3 is 2.37 bits per heavy atom. The Labute approximate surface area is 127 Å². The van der Waals surface area contributed by atoms with Crippen molar-refractivity contribution in [2.75, 3.05) is 0 Å². The van der Waals surface area contributed by atoms with Crippen LogP contribution in [0.25, 0.3) is 0 Å². The maximum atomic E-state index is 11.0. The molecule has 0 aliphatic rings. The summed E-state index contributed by atoms with van der Waals surface area (Å²) in [5.74, 6) is 0. The number of halogens is 2. The Hall–Kier alpha value is -1.27. The number of hydrogen-bond acceptors (Lipinski definition) is 3. The van der Waals surface area contributed by atoms with E-state index in [0.29, 0.717) is 5.56 Å². The molecular weight excluding hydrogens is 376 g/mol. The van der Waals surface area contributed by atoms with Crippen LogP contribution in [0, 0.1) is 10.1 Å². The summed E-state index contributed by atoms with van der Waals surface area (Å²) in [6.07, 6.45) is 1.70. The number of nitrogens with zero attached hydrogens (tertiary/aromatic N) is 2. The Balaban J connectivity index is 2.34. The van der Waals surface area contributed by atoms with Crippen LogP contribution < -0.4 is 0 Å². The van der Waals surface area contributed by atoms with E-state index in [4.69, 9.17) is 0 Å². The van der Waals surface area contributed by atoms with Crippen LogP contribution in [0.15, 0.2) is 48.7 Å². The number of rotatable bonds is 4. The predicted octanol–water partition coefficient (Wildman–Crippen LogP) is 4.56. The van der Waals surface area contributed by atoms with Crippen molar-refractivity contribution in [2.45, 2.75) is 9.65 Å². The van der Waals surface area contributed by atoms with Crippen LogP contribution in [-0.4, -0.2) is 9.91 Å². The van der Waals surface area contributed by atoms with Crippen LogP contribution in [0.3, 0.4) is 0 Å². The van der Waals surface area contributed by atoms with Gasteiger partial charge in [-0.15, -0.1) is 0 Å². The van der Waals surface area contributed by atoms with Gasteiger partial charge in [0.2, 0.25) is 0 Å². The van der Waals surface area contributed by atoms with Crippen molar-refractivity contribution in [3.8, 4) is 0 Å². The molecule has 4 nitrogen and oxygen atoms in total. The molecule has 1 aromatic carbocycles. The van der Waals surface area contributed by atoms with Crippen molar-refractivity contribution in [2.24, 2.45) is 0 Å². The zero-order chi connectivity index (χ0) is 13.8. The van der Waals surface area contributed by atoms with Gasteiger partial charge in [0.15, 0.2) is 0 Å². The highest BCUT2D eigenvalue weighted by Crippen LogP contribution is 2.44. The van der Waals surface area contributed by atoms with Gasteiger partial charge in [-0.3, -0.25) is 15.1 Å².